The van der Waals surface area contributed by atoms with Gasteiger partial charge in [-0.1, -0.05) is 26.3 Å². The lowest BCUT2D eigenvalue weighted by Gasteiger charge is -2.55. The summed E-state index contributed by atoms with van der Waals surface area (Å²) >= 11 is 0. The van der Waals surface area contributed by atoms with Crippen molar-refractivity contribution in [1.29, 1.82) is 0 Å². The molecule has 2 bridgehead atoms. The van der Waals surface area contributed by atoms with Crippen LogP contribution in [0.5, 0.6) is 17.4 Å². The molecular formula is C27H31FN6O3. The number of aromatic hydroxyl groups is 1. The van der Waals surface area contributed by atoms with E-state index in [2.05, 4.69) is 39.2 Å². The van der Waals surface area contributed by atoms with Crippen LogP contribution in [-0.2, 0) is 0 Å². The number of hydrogen-bond acceptors (Lipinski definition) is 9. The Bertz CT molecular complexity index is 1320. The summed E-state index contributed by atoms with van der Waals surface area (Å²) < 4.78 is 26.7. The third-order valence-electron chi connectivity index (χ3n) is 8.31. The van der Waals surface area contributed by atoms with Crippen molar-refractivity contribution in [2.24, 2.45) is 10.8 Å². The zero-order valence-corrected chi connectivity index (χ0v) is 21.3. The van der Waals surface area contributed by atoms with E-state index in [9.17, 15) is 5.11 Å². The van der Waals surface area contributed by atoms with Crippen LogP contribution in [0.1, 0.15) is 46.0 Å². The summed E-state index contributed by atoms with van der Waals surface area (Å²) in [6, 6.07) is 6.55. The zero-order chi connectivity index (χ0) is 25.8. The molecule has 1 N–H and O–H groups in total. The van der Waals surface area contributed by atoms with Gasteiger partial charge >= 0.3 is 0 Å². The van der Waals surface area contributed by atoms with Gasteiger partial charge in [0, 0.05) is 24.1 Å². The summed E-state index contributed by atoms with van der Waals surface area (Å²) in [6.45, 7) is 5.26. The van der Waals surface area contributed by atoms with Gasteiger partial charge in [-0.3, -0.25) is 0 Å². The number of phenols is 1. The minimum absolute atomic E-state index is 0.0122. The number of rotatable bonds is 4. The zero-order valence-electron chi connectivity index (χ0n) is 21.3. The van der Waals surface area contributed by atoms with E-state index in [0.717, 1.165) is 32.1 Å². The topological polar surface area (TPSA) is 106 Å². The van der Waals surface area contributed by atoms with E-state index in [1.807, 2.05) is 11.9 Å². The number of anilines is 1. The highest BCUT2D eigenvalue weighted by molar-refractivity contribution is 5.72. The lowest BCUT2D eigenvalue weighted by molar-refractivity contribution is -0.0540. The van der Waals surface area contributed by atoms with Crippen molar-refractivity contribution in [2.75, 3.05) is 25.2 Å². The van der Waals surface area contributed by atoms with Gasteiger partial charge in [0.05, 0.1) is 23.5 Å². The lowest BCUT2D eigenvalue weighted by atomic mass is 9.54. The van der Waals surface area contributed by atoms with Gasteiger partial charge in [-0.05, 0) is 43.2 Å². The number of phenolic OH excluding ortho intramolecular Hbond substituents is 1. The Morgan fingerprint density at radius 3 is 2.68 bits per heavy atom. The fourth-order valence-electron chi connectivity index (χ4n) is 6.49. The van der Waals surface area contributed by atoms with Gasteiger partial charge in [-0.25, -0.2) is 9.37 Å². The van der Waals surface area contributed by atoms with Crippen LogP contribution in [0.4, 0.5) is 10.2 Å². The molecule has 0 amide bonds. The molecule has 2 saturated carbocycles. The van der Waals surface area contributed by atoms with E-state index >= 15 is 4.39 Å². The predicted molar refractivity (Wildman–Crippen MR) is 135 cm³/mol. The fraction of sp³-hybridized carbons (Fsp3) is 0.519. The summed E-state index contributed by atoms with van der Waals surface area (Å²) in [6.07, 6.45) is 5.52. The standard InChI is InChI=1S/C27H31FN6O3/c1-26-7-4-8-27(2,15-26)23(28)19(13-26)34(3)22-14-29-24(32-31-22)17-6-5-16(11-20(17)35)18-12-21-25(33-30-18)37-10-9-36-21/h5-6,11-12,14,19,23,35H,4,7-10,13,15H2,1-3H3/t19-,23-,26-,27-/m1/s1. The molecule has 6 rings (SSSR count). The average Bonchev–Trinajstić information content (AvgIpc) is 2.90. The van der Waals surface area contributed by atoms with Gasteiger partial charge in [0.25, 0.3) is 5.88 Å². The van der Waals surface area contributed by atoms with E-state index in [1.165, 1.54) is 0 Å². The first-order valence-electron chi connectivity index (χ1n) is 12.8. The van der Waals surface area contributed by atoms with Crippen molar-refractivity contribution in [3.8, 4) is 40.0 Å². The molecule has 3 aliphatic rings. The first-order chi connectivity index (χ1) is 17.7. The third-order valence-corrected chi connectivity index (χ3v) is 8.31. The van der Waals surface area contributed by atoms with Crippen LogP contribution >= 0.6 is 0 Å². The van der Waals surface area contributed by atoms with E-state index in [4.69, 9.17) is 9.47 Å². The summed E-state index contributed by atoms with van der Waals surface area (Å²) in [5, 5.41) is 27.6. The maximum Gasteiger partial charge on any atom is 0.276 e. The molecule has 194 valence electrons. The quantitative estimate of drug-likeness (QED) is 0.543. The number of fused-ring (bicyclic) bond motifs is 3. The lowest BCUT2D eigenvalue weighted by Crippen LogP contribution is -2.57. The highest BCUT2D eigenvalue weighted by Gasteiger charge is 2.54. The highest BCUT2D eigenvalue weighted by Crippen LogP contribution is 2.57. The van der Waals surface area contributed by atoms with Gasteiger partial charge in [0.1, 0.15) is 25.1 Å². The normalized spacial score (nSPS) is 28.5. The van der Waals surface area contributed by atoms with Gasteiger partial charge < -0.3 is 19.5 Å². The van der Waals surface area contributed by atoms with Crippen molar-refractivity contribution in [3.05, 3.63) is 30.5 Å². The molecule has 1 aromatic carbocycles. The summed E-state index contributed by atoms with van der Waals surface area (Å²) in [7, 11) is 1.87. The van der Waals surface area contributed by atoms with Crippen molar-refractivity contribution in [3.63, 3.8) is 0 Å². The molecular weight excluding hydrogens is 475 g/mol. The number of aromatic nitrogens is 5. The Morgan fingerprint density at radius 2 is 1.89 bits per heavy atom. The summed E-state index contributed by atoms with van der Waals surface area (Å²) in [5.41, 5.74) is 1.48. The molecule has 10 heteroatoms. The molecule has 9 nitrogen and oxygen atoms in total. The van der Waals surface area contributed by atoms with Crippen LogP contribution in [0.3, 0.4) is 0 Å². The van der Waals surface area contributed by atoms with E-state index < -0.39 is 6.17 Å². The number of ether oxygens (including phenoxy) is 2. The number of halogens is 1. The van der Waals surface area contributed by atoms with Crippen LogP contribution < -0.4 is 14.4 Å². The molecule has 0 radical (unpaired) electrons. The van der Waals surface area contributed by atoms with Crippen molar-refractivity contribution in [1.82, 2.24) is 25.4 Å². The fourth-order valence-corrected chi connectivity index (χ4v) is 6.49. The molecule has 2 fully saturated rings. The maximum absolute atomic E-state index is 15.7. The smallest absolute Gasteiger partial charge is 0.276 e. The number of benzene rings is 1. The largest absolute Gasteiger partial charge is 0.507 e. The van der Waals surface area contributed by atoms with Crippen molar-refractivity contribution < 1.29 is 19.0 Å². The summed E-state index contributed by atoms with van der Waals surface area (Å²) in [5.74, 6) is 1.67. The average molecular weight is 507 g/mol. The molecule has 1 aliphatic heterocycles. The Kier molecular flexibility index (Phi) is 5.65. The first-order valence-corrected chi connectivity index (χ1v) is 12.8. The minimum atomic E-state index is -0.937. The highest BCUT2D eigenvalue weighted by atomic mass is 19.1. The van der Waals surface area contributed by atoms with E-state index in [-0.39, 0.29) is 28.4 Å². The molecule has 0 spiro atoms. The maximum atomic E-state index is 15.7. The molecule has 3 heterocycles. The van der Waals surface area contributed by atoms with E-state index in [1.54, 1.807) is 30.5 Å². The summed E-state index contributed by atoms with van der Waals surface area (Å²) in [4.78, 5) is 6.34. The van der Waals surface area contributed by atoms with Gasteiger partial charge in [-0.2, -0.15) is 0 Å². The van der Waals surface area contributed by atoms with Crippen LogP contribution in [0.15, 0.2) is 30.5 Å². The molecule has 0 saturated heterocycles. The molecule has 0 unspecified atom stereocenters. The molecule has 2 aliphatic carbocycles. The molecule has 3 aromatic rings. The van der Waals surface area contributed by atoms with Gasteiger partial charge in [0.2, 0.25) is 0 Å². The van der Waals surface area contributed by atoms with E-state index in [0.29, 0.717) is 47.5 Å². The van der Waals surface area contributed by atoms with Crippen LogP contribution in [0, 0.1) is 10.8 Å². The van der Waals surface area contributed by atoms with Crippen LogP contribution in [0.2, 0.25) is 0 Å². The number of alkyl halides is 1. The number of hydrogen-bond donors (Lipinski definition) is 1. The van der Waals surface area contributed by atoms with Crippen LogP contribution in [0.25, 0.3) is 22.6 Å². The Labute approximate surface area is 215 Å². The Hall–Kier alpha value is -3.56. The molecule has 2 aromatic heterocycles. The molecule has 37 heavy (non-hydrogen) atoms. The number of nitrogens with zero attached hydrogens (tertiary/aromatic N) is 6. The second-order valence-corrected chi connectivity index (χ2v) is 11.2. The predicted octanol–water partition coefficient (Wildman–Crippen LogP) is 4.61. The Morgan fingerprint density at radius 1 is 1.05 bits per heavy atom. The van der Waals surface area contributed by atoms with Crippen molar-refractivity contribution in [2.45, 2.75) is 58.2 Å². The van der Waals surface area contributed by atoms with Crippen molar-refractivity contribution >= 4 is 5.82 Å². The minimum Gasteiger partial charge on any atom is -0.507 e. The molecule has 4 atom stereocenters. The van der Waals surface area contributed by atoms with Gasteiger partial charge in [-0.15, -0.1) is 20.4 Å². The third kappa shape index (κ3) is 4.22. The van der Waals surface area contributed by atoms with Crippen LogP contribution in [-0.4, -0.2) is 63.0 Å². The van der Waals surface area contributed by atoms with Gasteiger partial charge in [0.15, 0.2) is 17.4 Å². The monoisotopic (exact) mass is 506 g/mol. The Balaban J connectivity index is 1.22. The SMILES string of the molecule is CN(c1cnc(-c2ccc(-c3cc4c(nn3)OCCO4)cc2O)nn1)[C@@H]1C[C@@]2(C)CCC[C@](C)(C2)[C@@H]1F. The first kappa shape index (κ1) is 23.8. The second kappa shape index (κ2) is 8.78. The second-order valence-electron chi connectivity index (χ2n) is 11.2.